The maximum atomic E-state index is 13.6. The number of phenols is 1. The molecule has 0 radical (unpaired) electrons. The molecule has 1 fully saturated rings. The third-order valence-electron chi connectivity index (χ3n) is 3.36. The summed E-state index contributed by atoms with van der Waals surface area (Å²) in [4.78, 5) is 0. The highest BCUT2D eigenvalue weighted by atomic mass is 19.1. The van der Waals surface area contributed by atoms with E-state index in [0.717, 1.165) is 12.0 Å². The van der Waals surface area contributed by atoms with Crippen LogP contribution in [0.3, 0.4) is 0 Å². The molecule has 3 unspecified atom stereocenters. The van der Waals surface area contributed by atoms with E-state index in [1.165, 1.54) is 18.9 Å². The molecule has 88 valence electrons. The Labute approximate surface area is 95.5 Å². The second-order valence-electron chi connectivity index (χ2n) is 4.60. The highest BCUT2D eigenvalue weighted by Crippen LogP contribution is 2.35. The average molecular weight is 223 g/mol. The third-order valence-corrected chi connectivity index (χ3v) is 3.36. The molecule has 0 bridgehead atoms. The van der Waals surface area contributed by atoms with Gasteiger partial charge in [0.15, 0.2) is 0 Å². The lowest BCUT2D eigenvalue weighted by Gasteiger charge is -2.15. The van der Waals surface area contributed by atoms with Crippen LogP contribution >= 0.6 is 0 Å². The van der Waals surface area contributed by atoms with E-state index >= 15 is 0 Å². The highest BCUT2D eigenvalue weighted by Gasteiger charge is 2.36. The number of benzene rings is 1. The fraction of sp³-hybridized carbons (Fsp3) is 0.538. The van der Waals surface area contributed by atoms with Crippen molar-refractivity contribution in [2.75, 3.05) is 0 Å². The first-order valence-corrected chi connectivity index (χ1v) is 5.86. The van der Waals surface area contributed by atoms with Crippen molar-refractivity contribution in [1.29, 1.82) is 0 Å². The van der Waals surface area contributed by atoms with Crippen LogP contribution in [0, 0.1) is 11.7 Å². The second kappa shape index (κ2) is 4.42. The lowest BCUT2D eigenvalue weighted by molar-refractivity contribution is 0.462. The SMILES string of the molecule is CCC1CC1NC(C)c1ccc(O)cc1F. The predicted molar refractivity (Wildman–Crippen MR) is 61.8 cm³/mol. The molecule has 16 heavy (non-hydrogen) atoms. The molecule has 1 saturated carbocycles. The molecule has 2 N–H and O–H groups in total. The first-order chi connectivity index (χ1) is 7.61. The Morgan fingerprint density at radius 2 is 2.31 bits per heavy atom. The maximum Gasteiger partial charge on any atom is 0.131 e. The van der Waals surface area contributed by atoms with Gasteiger partial charge in [0.25, 0.3) is 0 Å². The summed E-state index contributed by atoms with van der Waals surface area (Å²) in [6.07, 6.45) is 2.38. The van der Waals surface area contributed by atoms with Crippen molar-refractivity contribution >= 4 is 0 Å². The van der Waals surface area contributed by atoms with Crippen LogP contribution in [-0.2, 0) is 0 Å². The van der Waals surface area contributed by atoms with Gasteiger partial charge in [0.1, 0.15) is 11.6 Å². The van der Waals surface area contributed by atoms with Gasteiger partial charge in [-0.1, -0.05) is 19.4 Å². The Morgan fingerprint density at radius 1 is 1.56 bits per heavy atom. The molecule has 0 saturated heterocycles. The normalized spacial score (nSPS) is 25.4. The highest BCUT2D eigenvalue weighted by molar-refractivity contribution is 5.29. The van der Waals surface area contributed by atoms with Gasteiger partial charge in [-0.2, -0.15) is 0 Å². The minimum Gasteiger partial charge on any atom is -0.508 e. The van der Waals surface area contributed by atoms with Gasteiger partial charge >= 0.3 is 0 Å². The van der Waals surface area contributed by atoms with Crippen molar-refractivity contribution in [2.24, 2.45) is 5.92 Å². The van der Waals surface area contributed by atoms with Crippen LogP contribution in [0.4, 0.5) is 4.39 Å². The summed E-state index contributed by atoms with van der Waals surface area (Å²) in [6.45, 7) is 4.14. The Kier molecular flexibility index (Phi) is 3.15. The molecule has 1 aromatic rings. The maximum absolute atomic E-state index is 13.6. The van der Waals surface area contributed by atoms with Gasteiger partial charge < -0.3 is 10.4 Å². The van der Waals surface area contributed by atoms with Crippen molar-refractivity contribution in [1.82, 2.24) is 5.32 Å². The van der Waals surface area contributed by atoms with Gasteiger partial charge in [0.2, 0.25) is 0 Å². The van der Waals surface area contributed by atoms with Crippen molar-refractivity contribution < 1.29 is 9.50 Å². The Hall–Kier alpha value is -1.09. The van der Waals surface area contributed by atoms with Gasteiger partial charge in [-0.3, -0.25) is 0 Å². The van der Waals surface area contributed by atoms with E-state index in [1.54, 1.807) is 6.07 Å². The summed E-state index contributed by atoms with van der Waals surface area (Å²) < 4.78 is 13.6. The van der Waals surface area contributed by atoms with Crippen LogP contribution in [0.1, 0.15) is 38.3 Å². The van der Waals surface area contributed by atoms with Gasteiger partial charge in [-0.15, -0.1) is 0 Å². The van der Waals surface area contributed by atoms with Crippen LogP contribution in [-0.4, -0.2) is 11.1 Å². The number of nitrogens with one attached hydrogen (secondary N) is 1. The minimum atomic E-state index is -0.339. The van der Waals surface area contributed by atoms with Gasteiger partial charge in [-0.25, -0.2) is 4.39 Å². The van der Waals surface area contributed by atoms with Gasteiger partial charge in [-0.05, 0) is 25.3 Å². The third kappa shape index (κ3) is 2.35. The molecule has 2 nitrogen and oxygen atoms in total. The summed E-state index contributed by atoms with van der Waals surface area (Å²) in [5.74, 6) is 0.391. The zero-order valence-electron chi connectivity index (χ0n) is 9.70. The number of phenolic OH excluding ortho intramolecular Hbond substituents is 1. The fourth-order valence-corrected chi connectivity index (χ4v) is 2.18. The van der Waals surface area contributed by atoms with Crippen LogP contribution in [0.5, 0.6) is 5.75 Å². The Balaban J connectivity index is 2.01. The average Bonchev–Trinajstić information content (AvgIpc) is 2.96. The summed E-state index contributed by atoms with van der Waals surface area (Å²) >= 11 is 0. The first kappa shape index (κ1) is 11.4. The van der Waals surface area contributed by atoms with E-state index in [4.69, 9.17) is 5.11 Å². The van der Waals surface area contributed by atoms with Gasteiger partial charge in [0.05, 0.1) is 0 Å². The Bertz CT molecular complexity index is 380. The van der Waals surface area contributed by atoms with Crippen LogP contribution in [0.2, 0.25) is 0 Å². The molecule has 0 amide bonds. The number of halogens is 1. The number of aromatic hydroxyl groups is 1. The van der Waals surface area contributed by atoms with Crippen LogP contribution < -0.4 is 5.32 Å². The summed E-state index contributed by atoms with van der Waals surface area (Å²) in [5.41, 5.74) is 0.625. The second-order valence-corrected chi connectivity index (χ2v) is 4.60. The van der Waals surface area contributed by atoms with Crippen molar-refractivity contribution in [3.05, 3.63) is 29.6 Å². The monoisotopic (exact) mass is 223 g/mol. The largest absolute Gasteiger partial charge is 0.508 e. The lowest BCUT2D eigenvalue weighted by Crippen LogP contribution is -2.23. The standard InChI is InChI=1S/C13H18FNO/c1-3-9-6-13(9)15-8(2)11-5-4-10(16)7-12(11)14/h4-5,7-9,13,15-16H,3,6H2,1-2H3. The van der Waals surface area contributed by atoms with E-state index in [2.05, 4.69) is 12.2 Å². The van der Waals surface area contributed by atoms with Crippen LogP contribution in [0.25, 0.3) is 0 Å². The van der Waals surface area contributed by atoms with E-state index in [0.29, 0.717) is 11.6 Å². The zero-order chi connectivity index (χ0) is 11.7. The molecule has 2 rings (SSSR count). The number of rotatable bonds is 4. The minimum absolute atomic E-state index is 0.00199. The van der Waals surface area contributed by atoms with Crippen LogP contribution in [0.15, 0.2) is 18.2 Å². The molecule has 1 aromatic carbocycles. The molecule has 0 aromatic heterocycles. The van der Waals surface area contributed by atoms with Crippen molar-refractivity contribution in [3.8, 4) is 5.75 Å². The smallest absolute Gasteiger partial charge is 0.131 e. The van der Waals surface area contributed by atoms with E-state index < -0.39 is 0 Å². The first-order valence-electron chi connectivity index (χ1n) is 5.86. The van der Waals surface area contributed by atoms with Gasteiger partial charge in [0, 0.05) is 23.7 Å². The lowest BCUT2D eigenvalue weighted by atomic mass is 10.1. The number of hydrogen-bond acceptors (Lipinski definition) is 2. The van der Waals surface area contributed by atoms with E-state index in [1.807, 2.05) is 6.92 Å². The zero-order valence-corrected chi connectivity index (χ0v) is 9.70. The molecular formula is C13H18FNO. The van der Waals surface area contributed by atoms with E-state index in [9.17, 15) is 4.39 Å². The number of hydrogen-bond donors (Lipinski definition) is 2. The topological polar surface area (TPSA) is 32.3 Å². The summed E-state index contributed by atoms with van der Waals surface area (Å²) in [5, 5.41) is 12.5. The quantitative estimate of drug-likeness (QED) is 0.822. The van der Waals surface area contributed by atoms with Crippen molar-refractivity contribution in [2.45, 2.75) is 38.8 Å². The van der Waals surface area contributed by atoms with Crippen molar-refractivity contribution in [3.63, 3.8) is 0 Å². The molecule has 1 aliphatic rings. The summed E-state index contributed by atoms with van der Waals surface area (Å²) in [6, 6.07) is 4.87. The Morgan fingerprint density at radius 3 is 2.88 bits per heavy atom. The molecule has 3 heteroatoms. The predicted octanol–water partition coefficient (Wildman–Crippen LogP) is 2.98. The molecular weight excluding hydrogens is 205 g/mol. The molecule has 1 aliphatic carbocycles. The molecule has 0 heterocycles. The van der Waals surface area contributed by atoms with E-state index in [-0.39, 0.29) is 17.6 Å². The molecule has 0 spiro atoms. The fourth-order valence-electron chi connectivity index (χ4n) is 2.18. The molecule has 0 aliphatic heterocycles. The summed E-state index contributed by atoms with van der Waals surface area (Å²) in [7, 11) is 0. The molecule has 3 atom stereocenters.